The summed E-state index contributed by atoms with van der Waals surface area (Å²) in [5.74, 6) is -0.202. The Morgan fingerprint density at radius 3 is 3.09 bits per heavy atom. The zero-order chi connectivity index (χ0) is 7.84. The number of hydrogen-bond acceptors (Lipinski definition) is 1. The van der Waals surface area contributed by atoms with Gasteiger partial charge in [-0.1, -0.05) is 0 Å². The van der Waals surface area contributed by atoms with Gasteiger partial charge in [0.15, 0.2) is 6.26 Å². The summed E-state index contributed by atoms with van der Waals surface area (Å²) in [5, 5.41) is 0.758. The SMILES string of the molecule is Cc1cc2o[c]cc2cc1F. The molecule has 2 rings (SSSR count). The van der Waals surface area contributed by atoms with Crippen LogP contribution in [-0.2, 0) is 0 Å². The van der Waals surface area contributed by atoms with E-state index in [0.29, 0.717) is 11.1 Å². The molecule has 0 aliphatic heterocycles. The van der Waals surface area contributed by atoms with Gasteiger partial charge in [-0.15, -0.1) is 0 Å². The second-order valence-electron chi connectivity index (χ2n) is 2.50. The lowest BCUT2D eigenvalue weighted by molar-refractivity contribution is 0.599. The van der Waals surface area contributed by atoms with Gasteiger partial charge in [-0.3, -0.25) is 0 Å². The van der Waals surface area contributed by atoms with Crippen molar-refractivity contribution >= 4 is 11.0 Å². The lowest BCUT2D eigenvalue weighted by atomic mass is 10.2. The van der Waals surface area contributed by atoms with Crippen molar-refractivity contribution in [3.8, 4) is 0 Å². The number of rotatable bonds is 0. The maximum Gasteiger partial charge on any atom is 0.170 e. The molecule has 0 spiro atoms. The van der Waals surface area contributed by atoms with Gasteiger partial charge in [0, 0.05) is 5.39 Å². The highest BCUT2D eigenvalue weighted by Gasteiger charge is 2.01. The van der Waals surface area contributed by atoms with Crippen LogP contribution >= 0.6 is 0 Å². The normalized spacial score (nSPS) is 10.7. The summed E-state index contributed by atoms with van der Waals surface area (Å²) >= 11 is 0. The predicted octanol–water partition coefficient (Wildman–Crippen LogP) is 2.68. The Bertz CT molecular complexity index is 353. The molecule has 1 aromatic heterocycles. The molecule has 0 saturated carbocycles. The molecule has 1 radical (unpaired) electrons. The second kappa shape index (κ2) is 2.09. The Kier molecular flexibility index (Phi) is 1.22. The van der Waals surface area contributed by atoms with Crippen LogP contribution in [0.25, 0.3) is 11.0 Å². The van der Waals surface area contributed by atoms with Crippen molar-refractivity contribution in [1.29, 1.82) is 0 Å². The molecular formula is C9H6FO. The Balaban J connectivity index is 2.86. The van der Waals surface area contributed by atoms with E-state index in [4.69, 9.17) is 4.42 Å². The van der Waals surface area contributed by atoms with Crippen molar-refractivity contribution in [2.75, 3.05) is 0 Å². The largest absolute Gasteiger partial charge is 0.453 e. The van der Waals surface area contributed by atoms with Crippen LogP contribution in [0, 0.1) is 19.0 Å². The van der Waals surface area contributed by atoms with Crippen LogP contribution < -0.4 is 0 Å². The lowest BCUT2D eigenvalue weighted by Gasteiger charge is -1.93. The fraction of sp³-hybridized carbons (Fsp3) is 0.111. The molecule has 0 bridgehead atoms. The fourth-order valence-electron chi connectivity index (χ4n) is 1.03. The quantitative estimate of drug-likeness (QED) is 0.561. The highest BCUT2D eigenvalue weighted by atomic mass is 19.1. The van der Waals surface area contributed by atoms with Crippen molar-refractivity contribution < 1.29 is 8.81 Å². The van der Waals surface area contributed by atoms with Crippen LogP contribution in [0.15, 0.2) is 22.6 Å². The van der Waals surface area contributed by atoms with Crippen LogP contribution in [0.5, 0.6) is 0 Å². The Labute approximate surface area is 63.4 Å². The first-order valence-electron chi connectivity index (χ1n) is 3.33. The van der Waals surface area contributed by atoms with Gasteiger partial charge in [-0.2, -0.15) is 0 Å². The lowest BCUT2D eigenvalue weighted by Crippen LogP contribution is -1.79. The molecule has 0 amide bonds. The maximum absolute atomic E-state index is 12.9. The number of aryl methyl sites for hydroxylation is 1. The summed E-state index contributed by atoms with van der Waals surface area (Å²) in [4.78, 5) is 0. The number of fused-ring (bicyclic) bond motifs is 1. The average Bonchev–Trinajstić information content (AvgIpc) is 2.36. The van der Waals surface area contributed by atoms with Crippen molar-refractivity contribution in [2.45, 2.75) is 6.92 Å². The summed E-state index contributed by atoms with van der Waals surface area (Å²) in [7, 11) is 0. The predicted molar refractivity (Wildman–Crippen MR) is 39.7 cm³/mol. The summed E-state index contributed by atoms with van der Waals surface area (Å²) < 4.78 is 17.8. The monoisotopic (exact) mass is 149 g/mol. The van der Waals surface area contributed by atoms with Gasteiger partial charge in [0.2, 0.25) is 0 Å². The molecule has 1 heterocycles. The molecule has 0 unspecified atom stereocenters. The zero-order valence-corrected chi connectivity index (χ0v) is 6.02. The molecule has 2 heteroatoms. The highest BCUT2D eigenvalue weighted by Crippen LogP contribution is 2.18. The van der Waals surface area contributed by atoms with Crippen LogP contribution in [-0.4, -0.2) is 0 Å². The van der Waals surface area contributed by atoms with Crippen LogP contribution in [0.2, 0.25) is 0 Å². The average molecular weight is 149 g/mol. The van der Waals surface area contributed by atoms with E-state index in [1.54, 1.807) is 19.1 Å². The van der Waals surface area contributed by atoms with Gasteiger partial charge < -0.3 is 4.42 Å². The first-order chi connectivity index (χ1) is 5.27. The van der Waals surface area contributed by atoms with Gasteiger partial charge >= 0.3 is 0 Å². The second-order valence-corrected chi connectivity index (χ2v) is 2.50. The molecule has 0 N–H and O–H groups in total. The Hall–Kier alpha value is -1.31. The summed E-state index contributed by atoms with van der Waals surface area (Å²) in [5.41, 5.74) is 1.28. The summed E-state index contributed by atoms with van der Waals surface area (Å²) in [6.45, 7) is 1.71. The van der Waals surface area contributed by atoms with E-state index < -0.39 is 0 Å². The first kappa shape index (κ1) is 6.40. The van der Waals surface area contributed by atoms with Crippen molar-refractivity contribution in [1.82, 2.24) is 0 Å². The van der Waals surface area contributed by atoms with E-state index in [9.17, 15) is 4.39 Å². The van der Waals surface area contributed by atoms with Gasteiger partial charge in [0.05, 0.1) is 0 Å². The van der Waals surface area contributed by atoms with Crippen molar-refractivity contribution in [2.24, 2.45) is 0 Å². The van der Waals surface area contributed by atoms with E-state index in [1.165, 1.54) is 6.07 Å². The zero-order valence-electron chi connectivity index (χ0n) is 6.02. The maximum atomic E-state index is 12.9. The number of hydrogen-bond donors (Lipinski definition) is 0. The van der Waals surface area contributed by atoms with E-state index in [-0.39, 0.29) is 5.82 Å². The third-order valence-electron chi connectivity index (χ3n) is 1.67. The van der Waals surface area contributed by atoms with E-state index in [0.717, 1.165) is 5.39 Å². The smallest absolute Gasteiger partial charge is 0.170 e. The molecule has 0 aliphatic rings. The summed E-state index contributed by atoms with van der Waals surface area (Å²) in [6, 6.07) is 4.74. The molecule has 0 atom stereocenters. The van der Waals surface area contributed by atoms with Crippen molar-refractivity contribution in [3.63, 3.8) is 0 Å². The number of benzene rings is 1. The highest BCUT2D eigenvalue weighted by molar-refractivity contribution is 5.77. The number of halogens is 1. The number of furan rings is 1. The molecule has 2 aromatic rings. The minimum absolute atomic E-state index is 0.202. The minimum Gasteiger partial charge on any atom is -0.453 e. The molecule has 0 fully saturated rings. The molecule has 55 valence electrons. The van der Waals surface area contributed by atoms with E-state index >= 15 is 0 Å². The first-order valence-corrected chi connectivity index (χ1v) is 3.33. The topological polar surface area (TPSA) is 13.1 Å². The van der Waals surface area contributed by atoms with Gasteiger partial charge in [-0.05, 0) is 30.7 Å². The molecule has 0 saturated heterocycles. The van der Waals surface area contributed by atoms with E-state index in [1.807, 2.05) is 0 Å². The fourth-order valence-corrected chi connectivity index (χ4v) is 1.03. The molecule has 0 aliphatic carbocycles. The van der Waals surface area contributed by atoms with Gasteiger partial charge in [0.1, 0.15) is 11.4 Å². The van der Waals surface area contributed by atoms with Gasteiger partial charge in [0.25, 0.3) is 0 Å². The van der Waals surface area contributed by atoms with Crippen LogP contribution in [0.4, 0.5) is 4.39 Å². The van der Waals surface area contributed by atoms with Crippen LogP contribution in [0.1, 0.15) is 5.56 Å². The minimum atomic E-state index is -0.202. The molecule has 11 heavy (non-hydrogen) atoms. The standard InChI is InChI=1S/C9H6FO/c1-6-4-9-7(2-3-11-9)5-8(6)10/h2,4-5H,1H3. The molecular weight excluding hydrogens is 143 g/mol. The van der Waals surface area contributed by atoms with Gasteiger partial charge in [-0.25, -0.2) is 4.39 Å². The van der Waals surface area contributed by atoms with Crippen LogP contribution in [0.3, 0.4) is 0 Å². The van der Waals surface area contributed by atoms with E-state index in [2.05, 4.69) is 6.26 Å². The third kappa shape index (κ3) is 0.909. The van der Waals surface area contributed by atoms with Crippen molar-refractivity contribution in [3.05, 3.63) is 35.8 Å². The molecule has 1 aromatic carbocycles. The Morgan fingerprint density at radius 2 is 2.27 bits per heavy atom. The third-order valence-corrected chi connectivity index (χ3v) is 1.67. The molecule has 1 nitrogen and oxygen atoms in total. The Morgan fingerprint density at radius 1 is 1.45 bits per heavy atom. The summed E-state index contributed by atoms with van der Waals surface area (Å²) in [6.07, 6.45) is 2.55.